The van der Waals surface area contributed by atoms with E-state index in [-0.39, 0.29) is 5.91 Å². The highest BCUT2D eigenvalue weighted by molar-refractivity contribution is 5.86. The number of primary amides is 1. The number of carbonyl (C=O) groups is 2. The summed E-state index contributed by atoms with van der Waals surface area (Å²) >= 11 is 0. The average molecular weight is 317 g/mol. The van der Waals surface area contributed by atoms with Crippen molar-refractivity contribution in [3.05, 3.63) is 35.4 Å². The lowest BCUT2D eigenvalue weighted by molar-refractivity contribution is -0.134. The monoisotopic (exact) mass is 317 g/mol. The van der Waals surface area contributed by atoms with E-state index in [4.69, 9.17) is 5.73 Å². The zero-order chi connectivity index (χ0) is 16.8. The molecule has 1 atom stereocenters. The van der Waals surface area contributed by atoms with Gasteiger partial charge in [-0.2, -0.15) is 0 Å². The molecule has 0 radical (unpaired) electrons. The predicted molar refractivity (Wildman–Crippen MR) is 91.0 cm³/mol. The molecule has 5 nitrogen and oxygen atoms in total. The number of likely N-dealkylation sites (tertiary alicyclic amines) is 1. The van der Waals surface area contributed by atoms with Crippen LogP contribution in [-0.4, -0.2) is 36.0 Å². The highest BCUT2D eigenvalue weighted by Gasteiger charge is 2.26. The summed E-state index contributed by atoms with van der Waals surface area (Å²) in [5.74, 6) is 0.626. The first kappa shape index (κ1) is 17.3. The number of aryl methyl sites for hydroxylation is 2. The van der Waals surface area contributed by atoms with Crippen LogP contribution in [0.1, 0.15) is 37.3 Å². The summed E-state index contributed by atoms with van der Waals surface area (Å²) in [6.45, 7) is 5.31. The van der Waals surface area contributed by atoms with Crippen LogP contribution < -0.4 is 11.1 Å². The number of amides is 3. The molecule has 1 aliphatic heterocycles. The van der Waals surface area contributed by atoms with Crippen molar-refractivity contribution >= 4 is 11.9 Å². The maximum atomic E-state index is 12.2. The Bertz CT molecular complexity index is 534. The summed E-state index contributed by atoms with van der Waals surface area (Å²) in [4.78, 5) is 24.9. The van der Waals surface area contributed by atoms with E-state index in [0.29, 0.717) is 5.92 Å². The minimum absolute atomic E-state index is 0.0409. The molecule has 0 spiro atoms. The Balaban J connectivity index is 1.74. The lowest BCUT2D eigenvalue weighted by Gasteiger charge is -2.33. The summed E-state index contributed by atoms with van der Waals surface area (Å²) in [6, 6.07) is 7.51. The smallest absolute Gasteiger partial charge is 0.312 e. The second-order valence-corrected chi connectivity index (χ2v) is 6.52. The van der Waals surface area contributed by atoms with Gasteiger partial charge in [0.2, 0.25) is 5.91 Å². The van der Waals surface area contributed by atoms with Crippen LogP contribution >= 0.6 is 0 Å². The van der Waals surface area contributed by atoms with Crippen LogP contribution in [0.25, 0.3) is 0 Å². The molecule has 1 fully saturated rings. The zero-order valence-corrected chi connectivity index (χ0v) is 14.0. The molecule has 0 saturated carbocycles. The first-order valence-electron chi connectivity index (χ1n) is 8.36. The molecule has 0 unspecified atom stereocenters. The molecule has 23 heavy (non-hydrogen) atoms. The van der Waals surface area contributed by atoms with Crippen LogP contribution in [0.15, 0.2) is 24.3 Å². The third-order valence-corrected chi connectivity index (χ3v) is 4.62. The molecule has 3 N–H and O–H groups in total. The second kappa shape index (κ2) is 7.99. The topological polar surface area (TPSA) is 75.4 Å². The van der Waals surface area contributed by atoms with Crippen LogP contribution in [0, 0.1) is 12.8 Å². The Hall–Kier alpha value is -2.04. The fraction of sp³-hybridized carbons (Fsp3) is 0.556. The van der Waals surface area contributed by atoms with Crippen LogP contribution in [0.3, 0.4) is 0 Å². The molecular formula is C18H27N3O2. The van der Waals surface area contributed by atoms with Crippen LogP contribution in [0.5, 0.6) is 0 Å². The van der Waals surface area contributed by atoms with Crippen molar-refractivity contribution in [2.75, 3.05) is 13.1 Å². The van der Waals surface area contributed by atoms with Gasteiger partial charge in [0.1, 0.15) is 6.04 Å². The lowest BCUT2D eigenvalue weighted by Crippen LogP contribution is -2.50. The standard InChI is InChI=1S/C18H27N3O2/c1-13-3-5-15(6-4-13)7-8-16-9-11-21(12-10-16)17(22)14(2)20-18(19)23/h3-6,14,16H,7-12H2,1-2H3,(H3,19,20,23)/t14-/m1/s1. The van der Waals surface area contributed by atoms with E-state index in [0.717, 1.165) is 32.4 Å². The fourth-order valence-corrected chi connectivity index (χ4v) is 3.12. The van der Waals surface area contributed by atoms with E-state index in [1.54, 1.807) is 6.92 Å². The maximum absolute atomic E-state index is 12.2. The summed E-state index contributed by atoms with van der Waals surface area (Å²) < 4.78 is 0. The van der Waals surface area contributed by atoms with Gasteiger partial charge in [-0.25, -0.2) is 4.79 Å². The first-order valence-corrected chi connectivity index (χ1v) is 8.36. The third kappa shape index (κ3) is 5.27. The number of nitrogens with two attached hydrogens (primary N) is 1. The van der Waals surface area contributed by atoms with Gasteiger partial charge in [-0.05, 0) is 51.0 Å². The summed E-state index contributed by atoms with van der Waals surface area (Å²) in [5, 5.41) is 2.45. The normalized spacial score (nSPS) is 16.9. The third-order valence-electron chi connectivity index (χ3n) is 4.62. The number of nitrogens with zero attached hydrogens (tertiary/aromatic N) is 1. The summed E-state index contributed by atoms with van der Waals surface area (Å²) in [7, 11) is 0. The number of piperidine rings is 1. The molecule has 1 aromatic carbocycles. The van der Waals surface area contributed by atoms with Gasteiger partial charge in [0.05, 0.1) is 0 Å². The minimum atomic E-state index is -0.654. The van der Waals surface area contributed by atoms with Gasteiger partial charge in [-0.3, -0.25) is 4.79 Å². The molecule has 1 heterocycles. The van der Waals surface area contributed by atoms with Crippen molar-refractivity contribution in [3.63, 3.8) is 0 Å². The van der Waals surface area contributed by atoms with Gasteiger partial charge >= 0.3 is 6.03 Å². The number of hydrogen-bond acceptors (Lipinski definition) is 2. The summed E-state index contributed by atoms with van der Waals surface area (Å²) in [5.41, 5.74) is 7.74. The Morgan fingerprint density at radius 3 is 2.43 bits per heavy atom. The van der Waals surface area contributed by atoms with E-state index in [9.17, 15) is 9.59 Å². The van der Waals surface area contributed by atoms with Crippen LogP contribution in [-0.2, 0) is 11.2 Å². The first-order chi connectivity index (χ1) is 11.0. The van der Waals surface area contributed by atoms with Gasteiger partial charge in [0, 0.05) is 13.1 Å². The number of carbonyl (C=O) groups excluding carboxylic acids is 2. The van der Waals surface area contributed by atoms with Gasteiger partial charge in [0.15, 0.2) is 0 Å². The lowest BCUT2D eigenvalue weighted by atomic mass is 9.90. The molecule has 1 saturated heterocycles. The highest BCUT2D eigenvalue weighted by Crippen LogP contribution is 2.23. The zero-order valence-electron chi connectivity index (χ0n) is 14.0. The quantitative estimate of drug-likeness (QED) is 0.874. The van der Waals surface area contributed by atoms with Crippen LogP contribution in [0.2, 0.25) is 0 Å². The molecule has 5 heteroatoms. The van der Waals surface area contributed by atoms with E-state index in [2.05, 4.69) is 36.5 Å². The van der Waals surface area contributed by atoms with Crippen molar-refractivity contribution in [2.24, 2.45) is 11.7 Å². The molecule has 0 bridgehead atoms. The Labute approximate surface area is 138 Å². The number of nitrogens with one attached hydrogen (secondary N) is 1. The minimum Gasteiger partial charge on any atom is -0.352 e. The molecule has 126 valence electrons. The second-order valence-electron chi connectivity index (χ2n) is 6.52. The number of benzene rings is 1. The van der Waals surface area contributed by atoms with Crippen molar-refractivity contribution < 1.29 is 9.59 Å². The maximum Gasteiger partial charge on any atom is 0.312 e. The predicted octanol–water partition coefficient (Wildman–Crippen LogP) is 2.22. The largest absolute Gasteiger partial charge is 0.352 e. The molecule has 0 aromatic heterocycles. The SMILES string of the molecule is Cc1ccc(CCC2CCN(C(=O)[C@@H](C)NC(N)=O)CC2)cc1. The van der Waals surface area contributed by atoms with Crippen molar-refractivity contribution in [3.8, 4) is 0 Å². The number of urea groups is 1. The Morgan fingerprint density at radius 2 is 1.87 bits per heavy atom. The van der Waals surface area contributed by atoms with E-state index < -0.39 is 12.1 Å². The van der Waals surface area contributed by atoms with Crippen molar-refractivity contribution in [1.29, 1.82) is 0 Å². The Morgan fingerprint density at radius 1 is 1.26 bits per heavy atom. The molecule has 2 rings (SSSR count). The van der Waals surface area contributed by atoms with Gasteiger partial charge in [-0.15, -0.1) is 0 Å². The van der Waals surface area contributed by atoms with Gasteiger partial charge < -0.3 is 16.0 Å². The van der Waals surface area contributed by atoms with Crippen molar-refractivity contribution in [2.45, 2.75) is 45.6 Å². The van der Waals surface area contributed by atoms with Gasteiger partial charge in [0.25, 0.3) is 0 Å². The van der Waals surface area contributed by atoms with Gasteiger partial charge in [-0.1, -0.05) is 29.8 Å². The molecule has 3 amide bonds. The fourth-order valence-electron chi connectivity index (χ4n) is 3.12. The highest BCUT2D eigenvalue weighted by atomic mass is 16.2. The number of hydrogen-bond donors (Lipinski definition) is 2. The van der Waals surface area contributed by atoms with E-state index >= 15 is 0 Å². The molecule has 1 aromatic rings. The Kier molecular flexibility index (Phi) is 6.02. The van der Waals surface area contributed by atoms with E-state index in [1.165, 1.54) is 17.5 Å². The summed E-state index contributed by atoms with van der Waals surface area (Å²) in [6.07, 6.45) is 4.32. The number of rotatable bonds is 5. The van der Waals surface area contributed by atoms with E-state index in [1.807, 2.05) is 4.90 Å². The average Bonchev–Trinajstić information content (AvgIpc) is 2.53. The van der Waals surface area contributed by atoms with Crippen LogP contribution in [0.4, 0.5) is 4.79 Å². The molecule has 1 aliphatic rings. The van der Waals surface area contributed by atoms with Crippen molar-refractivity contribution in [1.82, 2.24) is 10.2 Å². The molecule has 0 aliphatic carbocycles. The molecular weight excluding hydrogens is 290 g/mol.